The minimum Gasteiger partial charge on any atom is -0.484 e. The third kappa shape index (κ3) is 5.47. The summed E-state index contributed by atoms with van der Waals surface area (Å²) in [7, 11) is 0. The highest BCUT2D eigenvalue weighted by Crippen LogP contribution is 2.20. The van der Waals surface area contributed by atoms with E-state index in [1.54, 1.807) is 0 Å². The van der Waals surface area contributed by atoms with Crippen LogP contribution in [0.4, 0.5) is 0 Å². The van der Waals surface area contributed by atoms with Gasteiger partial charge in [-0.3, -0.25) is 9.69 Å². The third-order valence-corrected chi connectivity index (χ3v) is 5.69. The van der Waals surface area contributed by atoms with Crippen LogP contribution in [0.25, 0.3) is 0 Å². The summed E-state index contributed by atoms with van der Waals surface area (Å²) >= 11 is 9.36. The van der Waals surface area contributed by atoms with Crippen LogP contribution in [0.2, 0.25) is 5.02 Å². The number of rotatable bonds is 5. The minimum atomic E-state index is 0.0309. The van der Waals surface area contributed by atoms with E-state index in [1.807, 2.05) is 41.3 Å². The lowest BCUT2D eigenvalue weighted by molar-refractivity contribution is -0.139. The summed E-state index contributed by atoms with van der Waals surface area (Å²) in [4.78, 5) is 17.0. The fourth-order valence-electron chi connectivity index (χ4n) is 3.35. The Morgan fingerprint density at radius 3 is 2.41 bits per heavy atom. The number of carbonyl (C=O) groups is 1. The Morgan fingerprint density at radius 1 is 1.07 bits per heavy atom. The molecule has 1 aliphatic heterocycles. The lowest BCUT2D eigenvalue weighted by Gasteiger charge is -2.44. The predicted octanol–water partition coefficient (Wildman–Crippen LogP) is 4.60. The SMILES string of the molecule is C[C@@H]1CN(Cc2ccc(Cl)cc2)[C@@H](C)CN1C(=O)COc1ccc(Br)cc1. The molecule has 0 spiro atoms. The van der Waals surface area contributed by atoms with Crippen LogP contribution >= 0.6 is 27.5 Å². The molecule has 3 rings (SSSR count). The summed E-state index contributed by atoms with van der Waals surface area (Å²) in [6, 6.07) is 15.9. The number of ether oxygens (including phenoxy) is 1. The lowest BCUT2D eigenvalue weighted by atomic mass is 10.1. The van der Waals surface area contributed by atoms with Crippen LogP contribution < -0.4 is 4.74 Å². The first-order valence-electron chi connectivity index (χ1n) is 9.08. The van der Waals surface area contributed by atoms with Gasteiger partial charge in [-0.1, -0.05) is 39.7 Å². The number of carbonyl (C=O) groups excluding carboxylic acids is 1. The van der Waals surface area contributed by atoms with Gasteiger partial charge in [-0.05, 0) is 55.8 Å². The maximum Gasteiger partial charge on any atom is 0.260 e. The van der Waals surface area contributed by atoms with E-state index >= 15 is 0 Å². The largest absolute Gasteiger partial charge is 0.484 e. The normalized spacial score (nSPS) is 20.5. The van der Waals surface area contributed by atoms with Crippen molar-refractivity contribution in [3.8, 4) is 5.75 Å². The quantitative estimate of drug-likeness (QED) is 0.666. The van der Waals surface area contributed by atoms with E-state index in [2.05, 4.69) is 46.8 Å². The van der Waals surface area contributed by atoms with Gasteiger partial charge in [0.05, 0.1) is 0 Å². The van der Waals surface area contributed by atoms with Crippen molar-refractivity contribution in [1.82, 2.24) is 9.80 Å². The molecular weight excluding hydrogens is 428 g/mol. The summed E-state index contributed by atoms with van der Waals surface area (Å²) in [6.07, 6.45) is 0. The van der Waals surface area contributed by atoms with Crippen molar-refractivity contribution in [2.45, 2.75) is 32.5 Å². The van der Waals surface area contributed by atoms with E-state index < -0.39 is 0 Å². The van der Waals surface area contributed by atoms with Crippen LogP contribution in [0.3, 0.4) is 0 Å². The molecule has 0 aliphatic carbocycles. The standard InChI is InChI=1S/C21H24BrClN2O2/c1-15-12-25(21(26)14-27-20-9-5-18(22)6-10-20)16(2)11-24(15)13-17-3-7-19(23)8-4-17/h3-10,15-16H,11-14H2,1-2H3/t15-,16+/m0/s1. The summed E-state index contributed by atoms with van der Waals surface area (Å²) in [6.45, 7) is 6.73. The molecule has 0 aromatic heterocycles. The van der Waals surface area contributed by atoms with Crippen molar-refractivity contribution in [2.24, 2.45) is 0 Å². The number of nitrogens with zero attached hydrogens (tertiary/aromatic N) is 2. The first-order chi connectivity index (χ1) is 12.9. The summed E-state index contributed by atoms with van der Waals surface area (Å²) in [5.74, 6) is 0.733. The molecule has 2 aromatic rings. The van der Waals surface area contributed by atoms with E-state index in [0.29, 0.717) is 12.3 Å². The molecule has 2 atom stereocenters. The van der Waals surface area contributed by atoms with Crippen molar-refractivity contribution in [1.29, 1.82) is 0 Å². The molecule has 1 fully saturated rings. The average Bonchev–Trinajstić information content (AvgIpc) is 2.65. The second kappa shape index (κ2) is 9.09. The van der Waals surface area contributed by atoms with Crippen molar-refractivity contribution in [3.63, 3.8) is 0 Å². The van der Waals surface area contributed by atoms with Gasteiger partial charge in [0, 0.05) is 41.2 Å². The van der Waals surface area contributed by atoms with Gasteiger partial charge in [0.2, 0.25) is 0 Å². The maximum atomic E-state index is 12.7. The Labute approximate surface area is 174 Å². The number of piperazine rings is 1. The highest BCUT2D eigenvalue weighted by atomic mass is 79.9. The second-order valence-electron chi connectivity index (χ2n) is 7.04. The van der Waals surface area contributed by atoms with Gasteiger partial charge in [-0.25, -0.2) is 0 Å². The molecule has 6 heteroatoms. The van der Waals surface area contributed by atoms with Crippen LogP contribution in [-0.4, -0.2) is 47.5 Å². The minimum absolute atomic E-state index is 0.0309. The Morgan fingerprint density at radius 2 is 1.74 bits per heavy atom. The smallest absolute Gasteiger partial charge is 0.260 e. The van der Waals surface area contributed by atoms with Gasteiger partial charge in [-0.15, -0.1) is 0 Å². The van der Waals surface area contributed by atoms with Gasteiger partial charge in [0.25, 0.3) is 5.91 Å². The van der Waals surface area contributed by atoms with Crippen LogP contribution in [0.15, 0.2) is 53.0 Å². The molecule has 1 heterocycles. The van der Waals surface area contributed by atoms with Gasteiger partial charge < -0.3 is 9.64 Å². The van der Waals surface area contributed by atoms with E-state index in [4.69, 9.17) is 16.3 Å². The Balaban J connectivity index is 1.54. The fraction of sp³-hybridized carbons (Fsp3) is 0.381. The number of benzene rings is 2. The topological polar surface area (TPSA) is 32.8 Å². The molecule has 27 heavy (non-hydrogen) atoms. The molecule has 1 aliphatic rings. The number of amides is 1. The zero-order valence-corrected chi connectivity index (χ0v) is 17.9. The zero-order chi connectivity index (χ0) is 19.4. The van der Waals surface area contributed by atoms with Crippen molar-refractivity contribution < 1.29 is 9.53 Å². The first kappa shape index (κ1) is 20.2. The van der Waals surface area contributed by atoms with E-state index in [9.17, 15) is 4.79 Å². The molecule has 4 nitrogen and oxygen atoms in total. The van der Waals surface area contributed by atoms with Crippen molar-refractivity contribution in [2.75, 3.05) is 19.7 Å². The molecule has 0 radical (unpaired) electrons. The third-order valence-electron chi connectivity index (χ3n) is 4.91. The van der Waals surface area contributed by atoms with Crippen LogP contribution in [0, 0.1) is 0 Å². The molecule has 144 valence electrons. The second-order valence-corrected chi connectivity index (χ2v) is 8.39. The molecule has 0 bridgehead atoms. The fourth-order valence-corrected chi connectivity index (χ4v) is 3.74. The van der Waals surface area contributed by atoms with Crippen molar-refractivity contribution >= 4 is 33.4 Å². The summed E-state index contributed by atoms with van der Waals surface area (Å²) < 4.78 is 6.64. The predicted molar refractivity (Wildman–Crippen MR) is 112 cm³/mol. The van der Waals surface area contributed by atoms with Crippen LogP contribution in [0.1, 0.15) is 19.4 Å². The Bertz CT molecular complexity index is 767. The van der Waals surface area contributed by atoms with Gasteiger partial charge in [0.15, 0.2) is 6.61 Å². The highest BCUT2D eigenvalue weighted by molar-refractivity contribution is 9.10. The Hall–Kier alpha value is -1.56. The number of hydrogen-bond acceptors (Lipinski definition) is 3. The van der Waals surface area contributed by atoms with Gasteiger partial charge >= 0.3 is 0 Å². The maximum absolute atomic E-state index is 12.7. The molecular formula is C21H24BrClN2O2. The number of halogens is 2. The zero-order valence-electron chi connectivity index (χ0n) is 15.6. The average molecular weight is 452 g/mol. The van der Waals surface area contributed by atoms with Crippen LogP contribution in [0.5, 0.6) is 5.75 Å². The monoisotopic (exact) mass is 450 g/mol. The molecule has 0 N–H and O–H groups in total. The van der Waals surface area contributed by atoms with Crippen LogP contribution in [-0.2, 0) is 11.3 Å². The molecule has 2 aromatic carbocycles. The summed E-state index contributed by atoms with van der Waals surface area (Å²) in [5.41, 5.74) is 1.23. The van der Waals surface area contributed by atoms with E-state index in [0.717, 1.165) is 22.6 Å². The Kier molecular flexibility index (Phi) is 6.79. The lowest BCUT2D eigenvalue weighted by Crippen LogP contribution is -2.58. The molecule has 1 amide bonds. The molecule has 0 unspecified atom stereocenters. The van der Waals surface area contributed by atoms with E-state index in [1.165, 1.54) is 5.56 Å². The molecule has 0 saturated carbocycles. The summed E-state index contributed by atoms with van der Waals surface area (Å²) in [5, 5.41) is 0.751. The number of hydrogen-bond donors (Lipinski definition) is 0. The first-order valence-corrected chi connectivity index (χ1v) is 10.3. The van der Waals surface area contributed by atoms with Gasteiger partial charge in [-0.2, -0.15) is 0 Å². The van der Waals surface area contributed by atoms with Gasteiger partial charge in [0.1, 0.15) is 5.75 Å². The molecule has 1 saturated heterocycles. The van der Waals surface area contributed by atoms with E-state index in [-0.39, 0.29) is 24.6 Å². The van der Waals surface area contributed by atoms with Crippen molar-refractivity contribution in [3.05, 3.63) is 63.6 Å². The highest BCUT2D eigenvalue weighted by Gasteiger charge is 2.32.